The minimum absolute atomic E-state index is 0.0365. The maximum Gasteiger partial charge on any atom is 0.329 e. The molecule has 1 N–H and O–H groups in total. The van der Waals surface area contributed by atoms with Crippen LogP contribution in [0.4, 0.5) is 0 Å². The number of aromatic nitrogens is 2. The smallest absolute Gasteiger partial charge is 0.329 e. The van der Waals surface area contributed by atoms with Crippen LogP contribution in [0.3, 0.4) is 0 Å². The Morgan fingerprint density at radius 2 is 2.15 bits per heavy atom. The number of halogens is 2. The molecule has 1 amide bonds. The van der Waals surface area contributed by atoms with Crippen LogP contribution in [0.15, 0.2) is 6.07 Å². The zero-order valence-corrected chi connectivity index (χ0v) is 12.3. The lowest BCUT2D eigenvalue weighted by Crippen LogP contribution is -2.52. The predicted octanol–water partition coefficient (Wildman–Crippen LogP) is 2.25. The summed E-state index contributed by atoms with van der Waals surface area (Å²) in [4.78, 5) is 25.5. The number of amides is 1. The third-order valence-corrected chi connectivity index (χ3v) is 4.13. The van der Waals surface area contributed by atoms with E-state index >= 15 is 0 Å². The van der Waals surface area contributed by atoms with E-state index in [0.29, 0.717) is 25.8 Å². The van der Waals surface area contributed by atoms with E-state index in [9.17, 15) is 14.7 Å². The second-order valence-electron chi connectivity index (χ2n) is 4.62. The van der Waals surface area contributed by atoms with Gasteiger partial charge in [0, 0.05) is 6.54 Å². The molecule has 1 aliphatic heterocycles. The lowest BCUT2D eigenvalue weighted by molar-refractivity contribution is -0.148. The Bertz CT molecular complexity index is 567. The second-order valence-corrected chi connectivity index (χ2v) is 5.37. The van der Waals surface area contributed by atoms with Gasteiger partial charge in [-0.3, -0.25) is 4.79 Å². The van der Waals surface area contributed by atoms with Gasteiger partial charge in [-0.15, -0.1) is 10.2 Å². The van der Waals surface area contributed by atoms with Crippen LogP contribution in [0.5, 0.6) is 0 Å². The molecule has 1 atom stereocenters. The number of carboxylic acids is 1. The van der Waals surface area contributed by atoms with Crippen molar-refractivity contribution in [3.63, 3.8) is 0 Å². The molecule has 1 saturated heterocycles. The molecule has 0 saturated carbocycles. The molecule has 20 heavy (non-hydrogen) atoms. The zero-order valence-electron chi connectivity index (χ0n) is 10.8. The van der Waals surface area contributed by atoms with Crippen molar-refractivity contribution in [3.8, 4) is 0 Å². The van der Waals surface area contributed by atoms with Crippen molar-refractivity contribution >= 4 is 35.1 Å². The fourth-order valence-corrected chi connectivity index (χ4v) is 2.88. The minimum Gasteiger partial charge on any atom is -0.479 e. The zero-order chi connectivity index (χ0) is 14.9. The molecule has 8 heteroatoms. The van der Waals surface area contributed by atoms with Gasteiger partial charge in [0.2, 0.25) is 0 Å². The minimum atomic E-state index is -1.18. The highest BCUT2D eigenvalue weighted by atomic mass is 35.5. The summed E-state index contributed by atoms with van der Waals surface area (Å²) in [7, 11) is 0. The number of likely N-dealkylation sites (tertiary alicyclic amines) is 1. The molecule has 2 heterocycles. The van der Waals surface area contributed by atoms with Crippen LogP contribution in [0.1, 0.15) is 36.5 Å². The quantitative estimate of drug-likeness (QED) is 0.924. The molecule has 6 nitrogen and oxygen atoms in total. The van der Waals surface area contributed by atoms with Crippen LogP contribution < -0.4 is 0 Å². The maximum atomic E-state index is 12.6. The largest absolute Gasteiger partial charge is 0.479 e. The Morgan fingerprint density at radius 1 is 1.45 bits per heavy atom. The van der Waals surface area contributed by atoms with Crippen LogP contribution in [-0.2, 0) is 4.79 Å². The second kappa shape index (κ2) is 5.54. The van der Waals surface area contributed by atoms with E-state index in [4.69, 9.17) is 23.2 Å². The number of carbonyl (C=O) groups excluding carboxylic acids is 1. The number of rotatable bonds is 3. The van der Waals surface area contributed by atoms with E-state index in [1.54, 1.807) is 6.92 Å². The van der Waals surface area contributed by atoms with Crippen LogP contribution in [0.25, 0.3) is 0 Å². The number of nitrogens with zero attached hydrogens (tertiary/aromatic N) is 3. The summed E-state index contributed by atoms with van der Waals surface area (Å²) in [5.41, 5.74) is -1.11. The van der Waals surface area contributed by atoms with Crippen LogP contribution in [0, 0.1) is 0 Å². The third-order valence-electron chi connectivity index (χ3n) is 3.67. The number of hydrogen-bond donors (Lipinski definition) is 1. The molecule has 0 bridgehead atoms. The van der Waals surface area contributed by atoms with Gasteiger partial charge in [-0.2, -0.15) is 0 Å². The van der Waals surface area contributed by atoms with Crippen molar-refractivity contribution in [2.75, 3.05) is 6.54 Å². The molecule has 1 unspecified atom stereocenters. The molecule has 0 spiro atoms. The van der Waals surface area contributed by atoms with Gasteiger partial charge in [0.15, 0.2) is 10.3 Å². The average Bonchev–Trinajstić information content (AvgIpc) is 2.85. The molecular weight excluding hydrogens is 305 g/mol. The number of carbonyl (C=O) groups is 2. The summed E-state index contributed by atoms with van der Waals surface area (Å²) in [5.74, 6) is -1.48. The van der Waals surface area contributed by atoms with Crippen molar-refractivity contribution in [3.05, 3.63) is 21.9 Å². The Labute approximate surface area is 125 Å². The average molecular weight is 318 g/mol. The van der Waals surface area contributed by atoms with E-state index in [0.717, 1.165) is 0 Å². The van der Waals surface area contributed by atoms with Crippen molar-refractivity contribution in [1.82, 2.24) is 15.1 Å². The van der Waals surface area contributed by atoms with Gasteiger partial charge in [-0.05, 0) is 25.3 Å². The summed E-state index contributed by atoms with van der Waals surface area (Å²) in [6.07, 6.45) is 1.39. The molecule has 108 valence electrons. The number of carboxylic acid groups (broad SMARTS) is 1. The number of hydrogen-bond acceptors (Lipinski definition) is 4. The third kappa shape index (κ3) is 2.33. The van der Waals surface area contributed by atoms with E-state index < -0.39 is 17.4 Å². The highest BCUT2D eigenvalue weighted by Gasteiger charge is 2.49. The lowest BCUT2D eigenvalue weighted by atomic mass is 9.92. The van der Waals surface area contributed by atoms with E-state index in [1.165, 1.54) is 11.0 Å². The first-order valence-electron chi connectivity index (χ1n) is 6.16. The lowest BCUT2D eigenvalue weighted by Gasteiger charge is -2.34. The molecule has 1 fully saturated rings. The highest BCUT2D eigenvalue weighted by molar-refractivity contribution is 6.34. The first-order chi connectivity index (χ1) is 9.42. The van der Waals surface area contributed by atoms with Crippen molar-refractivity contribution in [2.45, 2.75) is 31.7 Å². The topological polar surface area (TPSA) is 83.4 Å². The van der Waals surface area contributed by atoms with Crippen molar-refractivity contribution in [2.24, 2.45) is 0 Å². The summed E-state index contributed by atoms with van der Waals surface area (Å²) >= 11 is 11.6. The molecule has 0 aromatic carbocycles. The van der Waals surface area contributed by atoms with Crippen molar-refractivity contribution in [1.29, 1.82) is 0 Å². The van der Waals surface area contributed by atoms with Crippen LogP contribution in [-0.4, -0.2) is 44.2 Å². The van der Waals surface area contributed by atoms with Crippen LogP contribution >= 0.6 is 23.2 Å². The summed E-state index contributed by atoms with van der Waals surface area (Å²) in [5, 5.41) is 16.5. The normalized spacial score (nSPS) is 22.1. The maximum absolute atomic E-state index is 12.6. The summed E-state index contributed by atoms with van der Waals surface area (Å²) in [6, 6.07) is 1.31. The molecule has 1 aliphatic rings. The molecular formula is C12H13Cl2N3O3. The molecule has 0 radical (unpaired) electrons. The Balaban J connectivity index is 2.42. The first kappa shape index (κ1) is 15.0. The van der Waals surface area contributed by atoms with E-state index in [1.807, 2.05) is 0 Å². The van der Waals surface area contributed by atoms with Gasteiger partial charge >= 0.3 is 5.97 Å². The molecule has 1 aromatic rings. The molecule has 2 rings (SSSR count). The Kier molecular flexibility index (Phi) is 4.15. The van der Waals surface area contributed by atoms with E-state index in [2.05, 4.69) is 10.2 Å². The molecule has 1 aromatic heterocycles. The number of aliphatic carboxylic acids is 1. The van der Waals surface area contributed by atoms with Gasteiger partial charge in [0.1, 0.15) is 5.54 Å². The summed E-state index contributed by atoms with van der Waals surface area (Å²) in [6.45, 7) is 2.12. The van der Waals surface area contributed by atoms with Gasteiger partial charge in [0.25, 0.3) is 5.91 Å². The van der Waals surface area contributed by atoms with Gasteiger partial charge < -0.3 is 10.0 Å². The Morgan fingerprint density at radius 3 is 2.75 bits per heavy atom. The van der Waals surface area contributed by atoms with Gasteiger partial charge in [-0.1, -0.05) is 30.1 Å². The monoisotopic (exact) mass is 317 g/mol. The Hall–Kier alpha value is -1.40. The standard InChI is InChI=1S/C12H13Cl2N3O3/c1-2-12(11(19)20)4-3-5-17(12)10(18)7-6-8(13)15-16-9(7)14/h6H,2-5H2,1H3,(H,19,20). The summed E-state index contributed by atoms with van der Waals surface area (Å²) < 4.78 is 0. The predicted molar refractivity (Wildman–Crippen MR) is 73.0 cm³/mol. The SMILES string of the molecule is CCC1(C(=O)O)CCCN1C(=O)c1cc(Cl)nnc1Cl. The fraction of sp³-hybridized carbons (Fsp3) is 0.500. The van der Waals surface area contributed by atoms with Crippen LogP contribution in [0.2, 0.25) is 10.3 Å². The fourth-order valence-electron chi connectivity index (χ4n) is 2.56. The molecule has 0 aliphatic carbocycles. The van der Waals surface area contributed by atoms with Crippen molar-refractivity contribution < 1.29 is 14.7 Å². The van der Waals surface area contributed by atoms with Gasteiger partial charge in [0.05, 0.1) is 5.56 Å². The highest BCUT2D eigenvalue weighted by Crippen LogP contribution is 2.35. The first-order valence-corrected chi connectivity index (χ1v) is 6.92. The van der Waals surface area contributed by atoms with E-state index in [-0.39, 0.29) is 15.9 Å². The van der Waals surface area contributed by atoms with Gasteiger partial charge in [-0.25, -0.2) is 4.79 Å².